The van der Waals surface area contributed by atoms with E-state index in [9.17, 15) is 0 Å². The van der Waals surface area contributed by atoms with E-state index in [-0.39, 0.29) is 0 Å². The molecule has 4 unspecified atom stereocenters. The molecule has 4 atom stereocenters. The van der Waals surface area contributed by atoms with Crippen molar-refractivity contribution in [3.63, 3.8) is 0 Å². The summed E-state index contributed by atoms with van der Waals surface area (Å²) in [5.74, 6) is 0.974. The molecule has 0 radical (unpaired) electrons. The first kappa shape index (κ1) is 12.7. The number of aryl methyl sites for hydroxylation is 1. The Bertz CT molecular complexity index is 502. The molecule has 108 valence electrons. The fourth-order valence-electron chi connectivity index (χ4n) is 4.15. The number of benzene rings is 1. The predicted octanol–water partition coefficient (Wildman–Crippen LogP) is 2.98. The van der Waals surface area contributed by atoms with Crippen molar-refractivity contribution in [2.75, 3.05) is 7.11 Å². The number of nitrogens with one attached hydrogen (secondary N) is 1. The van der Waals surface area contributed by atoms with E-state index in [4.69, 9.17) is 9.47 Å². The van der Waals surface area contributed by atoms with Crippen LogP contribution in [0.2, 0.25) is 0 Å². The van der Waals surface area contributed by atoms with Crippen molar-refractivity contribution in [1.82, 2.24) is 5.32 Å². The van der Waals surface area contributed by atoms with Crippen LogP contribution in [0.4, 0.5) is 0 Å². The molecular weight excluding hydrogens is 250 g/mol. The lowest BCUT2D eigenvalue weighted by atomic mass is 9.86. The molecule has 0 saturated carbocycles. The highest BCUT2D eigenvalue weighted by Crippen LogP contribution is 2.38. The predicted molar refractivity (Wildman–Crippen MR) is 78.1 cm³/mol. The molecule has 0 aromatic heterocycles. The second-order valence-electron chi connectivity index (χ2n) is 6.39. The van der Waals surface area contributed by atoms with E-state index in [0.717, 1.165) is 5.75 Å². The molecule has 4 rings (SSSR count). The zero-order valence-electron chi connectivity index (χ0n) is 12.1. The summed E-state index contributed by atoms with van der Waals surface area (Å²) in [5.41, 5.74) is 2.93. The Morgan fingerprint density at radius 2 is 2.20 bits per heavy atom. The Balaban J connectivity index is 1.55. The molecule has 3 aliphatic rings. The standard InChI is InChI=1S/C17H23NO2/c1-19-12-6-5-11-3-2-4-15(14(11)9-12)18-16-10-13-7-8-17(16)20-13/h5-6,9,13,15-18H,2-4,7-8,10H2,1H3. The fraction of sp³-hybridized carbons (Fsp3) is 0.647. The van der Waals surface area contributed by atoms with Crippen LogP contribution in [0, 0.1) is 0 Å². The smallest absolute Gasteiger partial charge is 0.119 e. The highest BCUT2D eigenvalue weighted by molar-refractivity contribution is 5.39. The van der Waals surface area contributed by atoms with E-state index in [2.05, 4.69) is 23.5 Å². The van der Waals surface area contributed by atoms with Crippen molar-refractivity contribution < 1.29 is 9.47 Å². The Kier molecular flexibility index (Phi) is 3.20. The first-order valence-electron chi connectivity index (χ1n) is 7.92. The third kappa shape index (κ3) is 2.13. The molecule has 3 nitrogen and oxygen atoms in total. The van der Waals surface area contributed by atoms with Crippen LogP contribution in [0.25, 0.3) is 0 Å². The summed E-state index contributed by atoms with van der Waals surface area (Å²) < 4.78 is 11.4. The summed E-state index contributed by atoms with van der Waals surface area (Å²) in [6.45, 7) is 0. The van der Waals surface area contributed by atoms with Gasteiger partial charge in [0.1, 0.15) is 5.75 Å². The van der Waals surface area contributed by atoms with Gasteiger partial charge in [-0.05, 0) is 61.8 Å². The first-order valence-corrected chi connectivity index (χ1v) is 7.92. The van der Waals surface area contributed by atoms with Crippen molar-refractivity contribution in [3.8, 4) is 5.75 Å². The largest absolute Gasteiger partial charge is 0.497 e. The first-order chi connectivity index (χ1) is 9.83. The van der Waals surface area contributed by atoms with Crippen molar-refractivity contribution >= 4 is 0 Å². The van der Waals surface area contributed by atoms with E-state index in [1.807, 2.05) is 0 Å². The molecule has 20 heavy (non-hydrogen) atoms. The minimum atomic E-state index is 0.455. The third-order valence-corrected chi connectivity index (χ3v) is 5.19. The molecule has 1 aromatic rings. The lowest BCUT2D eigenvalue weighted by Gasteiger charge is -2.31. The lowest BCUT2D eigenvalue weighted by Crippen LogP contribution is -2.40. The number of fused-ring (bicyclic) bond motifs is 3. The summed E-state index contributed by atoms with van der Waals surface area (Å²) in [4.78, 5) is 0. The second-order valence-corrected chi connectivity index (χ2v) is 6.39. The minimum absolute atomic E-state index is 0.455. The minimum Gasteiger partial charge on any atom is -0.497 e. The monoisotopic (exact) mass is 273 g/mol. The van der Waals surface area contributed by atoms with Gasteiger partial charge in [0.2, 0.25) is 0 Å². The SMILES string of the molecule is COc1ccc2c(c1)C(NC1CC3CCC1O3)CCC2. The Hall–Kier alpha value is -1.06. The van der Waals surface area contributed by atoms with Crippen molar-refractivity contribution in [1.29, 1.82) is 0 Å². The van der Waals surface area contributed by atoms with Gasteiger partial charge in [0, 0.05) is 12.1 Å². The van der Waals surface area contributed by atoms with Gasteiger partial charge in [-0.25, -0.2) is 0 Å². The Morgan fingerprint density at radius 3 is 2.95 bits per heavy atom. The second kappa shape index (κ2) is 5.05. The van der Waals surface area contributed by atoms with Gasteiger partial charge >= 0.3 is 0 Å². The number of ether oxygens (including phenoxy) is 2. The van der Waals surface area contributed by atoms with Gasteiger partial charge in [-0.15, -0.1) is 0 Å². The third-order valence-electron chi connectivity index (χ3n) is 5.19. The van der Waals surface area contributed by atoms with E-state index in [1.54, 1.807) is 7.11 Å². The molecule has 2 fully saturated rings. The molecule has 2 aliphatic heterocycles. The van der Waals surface area contributed by atoms with E-state index >= 15 is 0 Å². The van der Waals surface area contributed by atoms with Gasteiger partial charge in [0.25, 0.3) is 0 Å². The topological polar surface area (TPSA) is 30.5 Å². The summed E-state index contributed by atoms with van der Waals surface area (Å²) in [5, 5.41) is 3.88. The van der Waals surface area contributed by atoms with E-state index in [0.29, 0.717) is 24.3 Å². The van der Waals surface area contributed by atoms with Gasteiger partial charge in [-0.1, -0.05) is 6.07 Å². The van der Waals surface area contributed by atoms with Crippen molar-refractivity contribution in [2.24, 2.45) is 0 Å². The zero-order valence-corrected chi connectivity index (χ0v) is 12.1. The number of rotatable bonds is 3. The van der Waals surface area contributed by atoms with Crippen molar-refractivity contribution in [3.05, 3.63) is 29.3 Å². The molecule has 1 aliphatic carbocycles. The van der Waals surface area contributed by atoms with Crippen LogP contribution in [0.3, 0.4) is 0 Å². The van der Waals surface area contributed by atoms with Crippen LogP contribution in [0.5, 0.6) is 5.75 Å². The summed E-state index contributed by atoms with van der Waals surface area (Å²) in [7, 11) is 1.75. The molecule has 1 N–H and O–H groups in total. The van der Waals surface area contributed by atoms with Crippen LogP contribution >= 0.6 is 0 Å². The Morgan fingerprint density at radius 1 is 1.25 bits per heavy atom. The highest BCUT2D eigenvalue weighted by atomic mass is 16.5. The maximum atomic E-state index is 5.97. The molecule has 2 saturated heterocycles. The zero-order chi connectivity index (χ0) is 13.5. The molecule has 2 heterocycles. The van der Waals surface area contributed by atoms with E-state index < -0.39 is 0 Å². The average molecular weight is 273 g/mol. The highest BCUT2D eigenvalue weighted by Gasteiger charge is 2.41. The number of hydrogen-bond donors (Lipinski definition) is 1. The van der Waals surface area contributed by atoms with Crippen LogP contribution in [-0.2, 0) is 11.2 Å². The van der Waals surface area contributed by atoms with Crippen LogP contribution < -0.4 is 10.1 Å². The molecule has 1 aromatic carbocycles. The molecule has 3 heteroatoms. The molecule has 0 spiro atoms. The van der Waals surface area contributed by atoms with Crippen LogP contribution in [-0.4, -0.2) is 25.4 Å². The van der Waals surface area contributed by atoms with Gasteiger partial charge in [-0.2, -0.15) is 0 Å². The van der Waals surface area contributed by atoms with E-state index in [1.165, 1.54) is 49.7 Å². The normalized spacial score (nSPS) is 35.0. The molecule has 2 bridgehead atoms. The summed E-state index contributed by atoms with van der Waals surface area (Å²) in [6, 6.07) is 7.57. The quantitative estimate of drug-likeness (QED) is 0.918. The lowest BCUT2D eigenvalue weighted by molar-refractivity contribution is 0.0956. The van der Waals surface area contributed by atoms with Gasteiger partial charge in [-0.3, -0.25) is 0 Å². The van der Waals surface area contributed by atoms with Gasteiger partial charge < -0.3 is 14.8 Å². The summed E-state index contributed by atoms with van der Waals surface area (Å²) in [6.07, 6.45) is 8.37. The van der Waals surface area contributed by atoms with Crippen LogP contribution in [0.15, 0.2) is 18.2 Å². The van der Waals surface area contributed by atoms with Crippen molar-refractivity contribution in [2.45, 2.75) is 62.8 Å². The summed E-state index contributed by atoms with van der Waals surface area (Å²) >= 11 is 0. The Labute approximate surface area is 120 Å². The molecular formula is C17H23NO2. The van der Waals surface area contributed by atoms with Gasteiger partial charge in [0.15, 0.2) is 0 Å². The number of methoxy groups -OCH3 is 1. The number of hydrogen-bond acceptors (Lipinski definition) is 3. The maximum Gasteiger partial charge on any atom is 0.119 e. The van der Waals surface area contributed by atoms with Gasteiger partial charge in [0.05, 0.1) is 19.3 Å². The molecule has 0 amide bonds. The van der Waals surface area contributed by atoms with Crippen LogP contribution in [0.1, 0.15) is 49.3 Å². The maximum absolute atomic E-state index is 5.97. The fourth-order valence-corrected chi connectivity index (χ4v) is 4.15. The average Bonchev–Trinajstić information content (AvgIpc) is 3.10.